The third-order valence-corrected chi connectivity index (χ3v) is 9.70. The summed E-state index contributed by atoms with van der Waals surface area (Å²) >= 11 is 0. The van der Waals surface area contributed by atoms with E-state index in [-0.39, 0.29) is 5.91 Å². The van der Waals surface area contributed by atoms with Crippen LogP contribution in [0.5, 0.6) is 0 Å². The zero-order valence-electron chi connectivity index (χ0n) is 21.3. The van der Waals surface area contributed by atoms with Crippen LogP contribution in [-0.4, -0.2) is 106 Å². The topological polar surface area (TPSA) is 82.2 Å². The van der Waals surface area contributed by atoms with Crippen LogP contribution in [0.1, 0.15) is 37.7 Å². The van der Waals surface area contributed by atoms with Gasteiger partial charge in [0.1, 0.15) is 6.61 Å². The number of amides is 1. The summed E-state index contributed by atoms with van der Waals surface area (Å²) in [5.74, 6) is -0.303. The number of carbonyl (C=O) groups is 1. The first kappa shape index (κ1) is 28.3. The van der Waals surface area contributed by atoms with E-state index in [9.17, 15) is 26.4 Å². The van der Waals surface area contributed by atoms with Gasteiger partial charge in [0.05, 0.1) is 10.5 Å². The minimum atomic E-state index is -4.67. The van der Waals surface area contributed by atoms with Crippen molar-refractivity contribution in [1.29, 1.82) is 0 Å². The second kappa shape index (κ2) is 12.0. The Hall–Kier alpha value is -1.73. The summed E-state index contributed by atoms with van der Waals surface area (Å²) in [5.41, 5.74) is -2.50. The first-order chi connectivity index (χ1) is 17.6. The molecule has 37 heavy (non-hydrogen) atoms. The number of nitrogens with zero attached hydrogens (tertiary/aromatic N) is 3. The number of rotatable bonds is 7. The predicted octanol–water partition coefficient (Wildman–Crippen LogP) is 2.20. The van der Waals surface area contributed by atoms with E-state index in [2.05, 4.69) is 22.2 Å². The van der Waals surface area contributed by atoms with Crippen molar-refractivity contribution in [2.45, 2.75) is 60.7 Å². The van der Waals surface area contributed by atoms with Gasteiger partial charge in [-0.25, -0.2) is 8.42 Å². The summed E-state index contributed by atoms with van der Waals surface area (Å²) in [7, 11) is -2.18. The molecule has 3 fully saturated rings. The van der Waals surface area contributed by atoms with Crippen molar-refractivity contribution < 1.29 is 31.1 Å². The van der Waals surface area contributed by atoms with E-state index < -0.39 is 44.6 Å². The van der Waals surface area contributed by atoms with Gasteiger partial charge in [0, 0.05) is 38.3 Å². The molecule has 0 aromatic heterocycles. The van der Waals surface area contributed by atoms with Gasteiger partial charge in [-0.05, 0) is 70.6 Å². The van der Waals surface area contributed by atoms with E-state index in [0.29, 0.717) is 38.2 Å². The smallest absolute Gasteiger partial charge is 0.350 e. The lowest BCUT2D eigenvalue weighted by Gasteiger charge is -2.42. The molecule has 0 radical (unpaired) electrons. The number of carbonyl (C=O) groups excluding carboxylic acids is 1. The van der Waals surface area contributed by atoms with Gasteiger partial charge in [-0.3, -0.25) is 9.69 Å². The number of likely N-dealkylation sites (tertiary alicyclic amines) is 1. The van der Waals surface area contributed by atoms with Crippen LogP contribution < -0.4 is 5.32 Å². The molecular weight excluding hydrogens is 509 g/mol. The number of piperazine rings is 1. The van der Waals surface area contributed by atoms with E-state index in [1.165, 1.54) is 0 Å². The molecule has 12 heteroatoms. The second-order valence-corrected chi connectivity index (χ2v) is 12.3. The highest BCUT2D eigenvalue weighted by Gasteiger charge is 2.39. The van der Waals surface area contributed by atoms with Crippen LogP contribution in [0.25, 0.3) is 0 Å². The predicted molar refractivity (Wildman–Crippen MR) is 133 cm³/mol. The summed E-state index contributed by atoms with van der Waals surface area (Å²) in [4.78, 5) is 18.9. The van der Waals surface area contributed by atoms with Crippen molar-refractivity contribution in [3.8, 4) is 0 Å². The van der Waals surface area contributed by atoms with E-state index in [0.717, 1.165) is 70.1 Å². The average Bonchev–Trinajstić information content (AvgIpc) is 2.89. The number of piperidine rings is 2. The van der Waals surface area contributed by atoms with Gasteiger partial charge in [0.25, 0.3) is 0 Å². The molecular formula is C25H37F3N4O4S. The molecule has 208 valence electrons. The molecule has 0 spiro atoms. The third-order valence-electron chi connectivity index (χ3n) is 7.72. The highest BCUT2D eigenvalue weighted by Crippen LogP contribution is 2.32. The molecule has 2 unspecified atom stereocenters. The monoisotopic (exact) mass is 546 g/mol. The Labute approximate surface area is 217 Å². The van der Waals surface area contributed by atoms with Gasteiger partial charge in [-0.2, -0.15) is 13.2 Å². The fourth-order valence-electron chi connectivity index (χ4n) is 5.46. The van der Waals surface area contributed by atoms with Crippen LogP contribution in [-0.2, 0) is 25.5 Å². The Morgan fingerprint density at radius 3 is 2.41 bits per heavy atom. The number of nitrogens with one attached hydrogen (secondary N) is 1. The molecule has 3 aliphatic heterocycles. The Kier molecular flexibility index (Phi) is 9.16. The normalized spacial score (nSPS) is 24.2. The number of sulfone groups is 1. The summed E-state index contributed by atoms with van der Waals surface area (Å²) in [5, 5.41) is 3.13. The molecule has 2 atom stereocenters. The van der Waals surface area contributed by atoms with Crippen LogP contribution in [0.4, 0.5) is 13.2 Å². The molecule has 4 rings (SSSR count). The zero-order valence-corrected chi connectivity index (χ0v) is 22.1. The van der Waals surface area contributed by atoms with Crippen LogP contribution in [0, 0.1) is 0 Å². The molecule has 3 aliphatic rings. The van der Waals surface area contributed by atoms with Gasteiger partial charge in [-0.1, -0.05) is 12.5 Å². The Morgan fingerprint density at radius 1 is 1.08 bits per heavy atom. The number of ether oxygens (including phenoxy) is 1. The lowest BCUT2D eigenvalue weighted by molar-refractivity contribution is -0.139. The lowest BCUT2D eigenvalue weighted by Crippen LogP contribution is -2.55. The zero-order chi connectivity index (χ0) is 26.6. The minimum absolute atomic E-state index is 0.303. The maximum absolute atomic E-state index is 13.5. The Morgan fingerprint density at radius 2 is 1.78 bits per heavy atom. The fraction of sp³-hybridized carbons (Fsp3) is 0.720. The van der Waals surface area contributed by atoms with Crippen LogP contribution in [0.2, 0.25) is 0 Å². The highest BCUT2D eigenvalue weighted by atomic mass is 32.2. The van der Waals surface area contributed by atoms with E-state index in [1.54, 1.807) is 4.90 Å². The average molecular weight is 547 g/mol. The Balaban J connectivity index is 1.40. The first-order valence-electron chi connectivity index (χ1n) is 13.0. The highest BCUT2D eigenvalue weighted by molar-refractivity contribution is 7.92. The molecule has 1 N–H and O–H groups in total. The van der Waals surface area contributed by atoms with E-state index in [4.69, 9.17) is 4.74 Å². The van der Waals surface area contributed by atoms with Crippen molar-refractivity contribution in [1.82, 2.24) is 20.0 Å². The quantitative estimate of drug-likeness (QED) is 0.562. The number of hydrogen-bond donors (Lipinski definition) is 1. The summed E-state index contributed by atoms with van der Waals surface area (Å²) in [6.45, 7) is 4.88. The second-order valence-electron chi connectivity index (χ2n) is 10.3. The maximum Gasteiger partial charge on any atom is 0.416 e. The van der Waals surface area contributed by atoms with Gasteiger partial charge < -0.3 is 19.9 Å². The van der Waals surface area contributed by atoms with Gasteiger partial charge in [-0.15, -0.1) is 0 Å². The largest absolute Gasteiger partial charge is 0.416 e. The van der Waals surface area contributed by atoms with E-state index >= 15 is 0 Å². The molecule has 3 saturated heterocycles. The molecule has 8 nitrogen and oxygen atoms in total. The minimum Gasteiger partial charge on any atom is -0.350 e. The van der Waals surface area contributed by atoms with Crippen LogP contribution in [0.15, 0.2) is 29.2 Å². The third kappa shape index (κ3) is 7.03. The van der Waals surface area contributed by atoms with Crippen LogP contribution >= 0.6 is 0 Å². The SMILES string of the molecule is CN1CCC(N2CCN(C(=O)COC(C3CCCCN3)S(=O)(=O)c3cccc(C(F)(F)F)c3)CC2)CC1. The van der Waals surface area contributed by atoms with Crippen molar-refractivity contribution in [2.75, 3.05) is 59.5 Å². The van der Waals surface area contributed by atoms with E-state index in [1.807, 2.05) is 0 Å². The first-order valence-corrected chi connectivity index (χ1v) is 14.6. The molecule has 0 bridgehead atoms. The van der Waals surface area contributed by atoms with Crippen molar-refractivity contribution >= 4 is 15.7 Å². The lowest BCUT2D eigenvalue weighted by atomic mass is 10.0. The number of halogens is 3. The van der Waals surface area contributed by atoms with Gasteiger partial charge >= 0.3 is 6.18 Å². The summed E-state index contributed by atoms with van der Waals surface area (Å²) in [6.07, 6.45) is -0.327. The van der Waals surface area contributed by atoms with Gasteiger partial charge in [0.15, 0.2) is 5.44 Å². The number of alkyl halides is 3. The van der Waals surface area contributed by atoms with Crippen LogP contribution in [0.3, 0.4) is 0 Å². The van der Waals surface area contributed by atoms with Crippen molar-refractivity contribution in [3.05, 3.63) is 29.8 Å². The summed E-state index contributed by atoms with van der Waals surface area (Å²) in [6, 6.07) is 3.61. The Bertz CT molecular complexity index is 1020. The fourth-order valence-corrected chi connectivity index (χ4v) is 7.20. The molecule has 1 amide bonds. The molecule has 0 saturated carbocycles. The van der Waals surface area contributed by atoms with Crippen molar-refractivity contribution in [3.63, 3.8) is 0 Å². The van der Waals surface area contributed by atoms with Gasteiger partial charge in [0.2, 0.25) is 15.7 Å². The maximum atomic E-state index is 13.5. The summed E-state index contributed by atoms with van der Waals surface area (Å²) < 4.78 is 72.4. The number of benzene rings is 1. The molecule has 1 aromatic rings. The standard InChI is InChI=1S/C25H37F3N4O4S/c1-30-11-8-20(9-12-30)31-13-15-32(16-14-31)23(33)18-36-24(22-7-2-3-10-29-22)37(34,35)21-6-4-5-19(17-21)25(26,27)28/h4-6,17,20,22,24,29H,2-3,7-16,18H2,1H3. The number of hydrogen-bond acceptors (Lipinski definition) is 7. The molecule has 3 heterocycles. The van der Waals surface area contributed by atoms with Crippen molar-refractivity contribution in [2.24, 2.45) is 0 Å². The molecule has 1 aromatic carbocycles. The molecule has 0 aliphatic carbocycles.